The molecule has 0 amide bonds. The lowest BCUT2D eigenvalue weighted by atomic mass is 10.2. The highest BCUT2D eigenvalue weighted by Gasteiger charge is 2.10. The summed E-state index contributed by atoms with van der Waals surface area (Å²) in [5.74, 6) is -0.323. The molecule has 6 nitrogen and oxygen atoms in total. The number of rotatable bonds is 4. The molecule has 0 bridgehead atoms. The van der Waals surface area contributed by atoms with E-state index in [-0.39, 0.29) is 6.42 Å². The van der Waals surface area contributed by atoms with E-state index in [4.69, 9.17) is 5.11 Å². The summed E-state index contributed by atoms with van der Waals surface area (Å²) < 4.78 is 2.56. The average Bonchev–Trinajstić information content (AvgIpc) is 2.78. The second-order valence-corrected chi connectivity index (χ2v) is 4.69. The van der Waals surface area contributed by atoms with Crippen LogP contribution in [0.2, 0.25) is 0 Å². The van der Waals surface area contributed by atoms with Gasteiger partial charge in [0, 0.05) is 10.9 Å². The van der Waals surface area contributed by atoms with E-state index in [1.54, 1.807) is 4.68 Å². The zero-order valence-electron chi connectivity index (χ0n) is 9.67. The zero-order chi connectivity index (χ0) is 13.1. The first-order valence-electron chi connectivity index (χ1n) is 5.33. The van der Waals surface area contributed by atoms with E-state index in [9.17, 15) is 4.79 Å². The first-order valence-corrected chi connectivity index (χ1v) is 6.13. The Morgan fingerprint density at radius 1 is 1.50 bits per heavy atom. The molecule has 2 aromatic rings. The van der Waals surface area contributed by atoms with Gasteiger partial charge in [0.25, 0.3) is 0 Å². The lowest BCUT2D eigenvalue weighted by Crippen LogP contribution is -2.06. The summed E-state index contributed by atoms with van der Waals surface area (Å²) in [5.41, 5.74) is 1.88. The van der Waals surface area contributed by atoms with Gasteiger partial charge < -0.3 is 5.11 Å². The summed E-state index contributed by atoms with van der Waals surface area (Å²) in [5, 5.41) is 20.0. The van der Waals surface area contributed by atoms with Gasteiger partial charge in [0.1, 0.15) is 0 Å². The van der Waals surface area contributed by atoms with Crippen molar-refractivity contribution in [1.29, 1.82) is 0 Å². The number of aromatic nitrogens is 4. The van der Waals surface area contributed by atoms with Crippen molar-refractivity contribution >= 4 is 21.9 Å². The lowest BCUT2D eigenvalue weighted by molar-refractivity contribution is -0.137. The van der Waals surface area contributed by atoms with E-state index in [0.717, 1.165) is 15.7 Å². The van der Waals surface area contributed by atoms with Crippen molar-refractivity contribution in [2.24, 2.45) is 0 Å². The predicted molar refractivity (Wildman–Crippen MR) is 67.5 cm³/mol. The van der Waals surface area contributed by atoms with Gasteiger partial charge in [-0.15, -0.1) is 5.10 Å². The van der Waals surface area contributed by atoms with E-state index < -0.39 is 5.97 Å². The number of halogens is 1. The molecule has 0 atom stereocenters. The van der Waals surface area contributed by atoms with Crippen LogP contribution in [-0.2, 0) is 11.2 Å². The number of hydrogen-bond acceptors (Lipinski definition) is 4. The van der Waals surface area contributed by atoms with Crippen LogP contribution in [0, 0.1) is 6.92 Å². The van der Waals surface area contributed by atoms with Crippen LogP contribution in [0.5, 0.6) is 0 Å². The first-order chi connectivity index (χ1) is 8.58. The molecule has 0 aliphatic carbocycles. The van der Waals surface area contributed by atoms with E-state index in [1.165, 1.54) is 0 Å². The Bertz CT molecular complexity index is 582. The number of hydrogen-bond donors (Lipinski definition) is 1. The highest BCUT2D eigenvalue weighted by Crippen LogP contribution is 2.19. The molecule has 1 N–H and O–H groups in total. The number of aliphatic carboxylic acids is 1. The minimum absolute atomic E-state index is 0.00981. The van der Waals surface area contributed by atoms with Crippen molar-refractivity contribution in [2.45, 2.75) is 19.8 Å². The van der Waals surface area contributed by atoms with Crippen LogP contribution in [0.25, 0.3) is 5.69 Å². The predicted octanol–water partition coefficient (Wildman–Crippen LogP) is 1.75. The topological polar surface area (TPSA) is 80.9 Å². The number of carboxylic acids is 1. The third-order valence-electron chi connectivity index (χ3n) is 2.48. The van der Waals surface area contributed by atoms with Crippen molar-refractivity contribution in [2.75, 3.05) is 0 Å². The minimum Gasteiger partial charge on any atom is -0.481 e. The molecule has 0 radical (unpaired) electrons. The van der Waals surface area contributed by atoms with Crippen molar-refractivity contribution in [3.05, 3.63) is 34.1 Å². The molecule has 0 aliphatic heterocycles. The molecule has 0 fully saturated rings. The first kappa shape index (κ1) is 12.7. The quantitative estimate of drug-likeness (QED) is 0.930. The van der Waals surface area contributed by atoms with E-state index in [0.29, 0.717) is 12.2 Å². The smallest absolute Gasteiger partial charge is 0.303 e. The normalized spacial score (nSPS) is 10.6. The highest BCUT2D eigenvalue weighted by atomic mass is 79.9. The molecule has 0 unspecified atom stereocenters. The van der Waals surface area contributed by atoms with Crippen molar-refractivity contribution in [3.8, 4) is 5.69 Å². The van der Waals surface area contributed by atoms with Crippen LogP contribution >= 0.6 is 15.9 Å². The van der Waals surface area contributed by atoms with Gasteiger partial charge in [-0.3, -0.25) is 4.79 Å². The fourth-order valence-electron chi connectivity index (χ4n) is 1.54. The van der Waals surface area contributed by atoms with Gasteiger partial charge in [-0.05, 0) is 41.1 Å². The Morgan fingerprint density at radius 3 is 2.94 bits per heavy atom. The lowest BCUT2D eigenvalue weighted by Gasteiger charge is -2.05. The maximum Gasteiger partial charge on any atom is 0.303 e. The molecule has 0 saturated heterocycles. The van der Waals surface area contributed by atoms with Gasteiger partial charge in [0.2, 0.25) is 0 Å². The Kier molecular flexibility index (Phi) is 3.71. The van der Waals surface area contributed by atoms with Crippen LogP contribution in [0.4, 0.5) is 0 Å². The van der Waals surface area contributed by atoms with Gasteiger partial charge in [0.05, 0.1) is 12.1 Å². The Morgan fingerprint density at radius 2 is 2.28 bits per heavy atom. The average molecular weight is 311 g/mol. The molecular formula is C11H11BrN4O2. The third kappa shape index (κ3) is 2.73. The molecule has 0 saturated carbocycles. The van der Waals surface area contributed by atoms with Crippen LogP contribution in [0.15, 0.2) is 22.7 Å². The zero-order valence-corrected chi connectivity index (χ0v) is 11.3. The second-order valence-electron chi connectivity index (χ2n) is 3.83. The molecule has 18 heavy (non-hydrogen) atoms. The summed E-state index contributed by atoms with van der Waals surface area (Å²) >= 11 is 3.42. The SMILES string of the molecule is Cc1cc(-n2nnnc2CCC(=O)O)ccc1Br. The standard InChI is InChI=1S/C11H11BrN4O2/c1-7-6-8(2-3-9(7)12)16-10(13-14-15-16)4-5-11(17)18/h2-3,6H,4-5H2,1H3,(H,17,18). The van der Waals surface area contributed by atoms with Crippen LogP contribution in [-0.4, -0.2) is 31.3 Å². The molecule has 7 heteroatoms. The number of benzene rings is 1. The van der Waals surface area contributed by atoms with Crippen molar-refractivity contribution < 1.29 is 9.90 Å². The number of carbonyl (C=O) groups is 1. The molecule has 0 aliphatic rings. The molecule has 1 heterocycles. The van der Waals surface area contributed by atoms with Gasteiger partial charge in [-0.2, -0.15) is 4.68 Å². The Labute approximate surface area is 112 Å². The number of carboxylic acid groups (broad SMARTS) is 1. The summed E-state index contributed by atoms with van der Waals surface area (Å²) in [6, 6.07) is 5.72. The minimum atomic E-state index is -0.864. The molecule has 1 aromatic heterocycles. The second kappa shape index (κ2) is 5.26. The Hall–Kier alpha value is -1.76. The maximum absolute atomic E-state index is 10.6. The Balaban J connectivity index is 2.30. The van der Waals surface area contributed by atoms with Crippen LogP contribution in [0.1, 0.15) is 17.8 Å². The number of nitrogens with zero attached hydrogens (tertiary/aromatic N) is 4. The fourth-order valence-corrected chi connectivity index (χ4v) is 1.79. The highest BCUT2D eigenvalue weighted by molar-refractivity contribution is 9.10. The van der Waals surface area contributed by atoms with Gasteiger partial charge in [-0.1, -0.05) is 15.9 Å². The summed E-state index contributed by atoms with van der Waals surface area (Å²) in [7, 11) is 0. The van der Waals surface area contributed by atoms with Crippen molar-refractivity contribution in [3.63, 3.8) is 0 Å². The van der Waals surface area contributed by atoms with Crippen LogP contribution < -0.4 is 0 Å². The molecule has 94 valence electrons. The number of tetrazole rings is 1. The molecule has 1 aromatic carbocycles. The van der Waals surface area contributed by atoms with Crippen LogP contribution in [0.3, 0.4) is 0 Å². The third-order valence-corrected chi connectivity index (χ3v) is 3.37. The van der Waals surface area contributed by atoms with Gasteiger partial charge in [-0.25, -0.2) is 0 Å². The van der Waals surface area contributed by atoms with Gasteiger partial charge in [0.15, 0.2) is 5.82 Å². The summed E-state index contributed by atoms with van der Waals surface area (Å²) in [6.45, 7) is 1.97. The van der Waals surface area contributed by atoms with Gasteiger partial charge >= 0.3 is 5.97 Å². The summed E-state index contributed by atoms with van der Waals surface area (Å²) in [6.07, 6.45) is 0.313. The van der Waals surface area contributed by atoms with E-state index in [1.807, 2.05) is 25.1 Å². The van der Waals surface area contributed by atoms with E-state index in [2.05, 4.69) is 31.5 Å². The summed E-state index contributed by atoms with van der Waals surface area (Å²) in [4.78, 5) is 10.6. The van der Waals surface area contributed by atoms with E-state index >= 15 is 0 Å². The molecule has 0 spiro atoms. The largest absolute Gasteiger partial charge is 0.481 e. The fraction of sp³-hybridized carbons (Fsp3) is 0.273. The molecular weight excluding hydrogens is 300 g/mol. The number of aryl methyl sites for hydroxylation is 2. The monoisotopic (exact) mass is 310 g/mol. The maximum atomic E-state index is 10.6. The molecule has 2 rings (SSSR count). The van der Waals surface area contributed by atoms with Crippen molar-refractivity contribution in [1.82, 2.24) is 20.2 Å².